The molecule has 2 heterocycles. The van der Waals surface area contributed by atoms with Gasteiger partial charge in [0.1, 0.15) is 0 Å². The van der Waals surface area contributed by atoms with Gasteiger partial charge in [-0.3, -0.25) is 4.90 Å². The van der Waals surface area contributed by atoms with Gasteiger partial charge in [-0.1, -0.05) is 30.3 Å². The summed E-state index contributed by atoms with van der Waals surface area (Å²) in [5.41, 5.74) is 1.51. The molecule has 0 saturated carbocycles. The second-order valence-corrected chi connectivity index (χ2v) is 4.37. The monoisotopic (exact) mass is 188 g/mol. The van der Waals surface area contributed by atoms with Crippen LogP contribution in [-0.4, -0.2) is 37.1 Å². The summed E-state index contributed by atoms with van der Waals surface area (Å²) < 4.78 is 0. The Balaban J connectivity index is 1.59. The summed E-state index contributed by atoms with van der Waals surface area (Å²) in [6.45, 7) is 4.91. The molecule has 0 atom stereocenters. The Hall–Kier alpha value is -0.860. The van der Waals surface area contributed by atoms with Crippen molar-refractivity contribution in [2.24, 2.45) is 0 Å². The number of hydrogen-bond donors (Lipinski definition) is 1. The molecule has 2 fully saturated rings. The molecule has 0 aromatic heterocycles. The van der Waals surface area contributed by atoms with Crippen molar-refractivity contribution in [1.82, 2.24) is 10.2 Å². The van der Waals surface area contributed by atoms with E-state index < -0.39 is 0 Å². The minimum atomic E-state index is 0.789. The molecule has 0 radical (unpaired) electrons. The number of nitrogens with one attached hydrogen (secondary N) is 1. The number of hydrogen-bond acceptors (Lipinski definition) is 2. The highest BCUT2D eigenvalue weighted by Gasteiger charge is 2.35. The molecule has 0 amide bonds. The van der Waals surface area contributed by atoms with Crippen LogP contribution in [0.4, 0.5) is 0 Å². The SMILES string of the molecule is c1ccc(C2CN(C3CNC3)C2)cc1. The van der Waals surface area contributed by atoms with Gasteiger partial charge in [-0.25, -0.2) is 0 Å². The van der Waals surface area contributed by atoms with Crippen LogP contribution in [0.1, 0.15) is 11.5 Å². The van der Waals surface area contributed by atoms with Gasteiger partial charge in [0.2, 0.25) is 0 Å². The van der Waals surface area contributed by atoms with Gasteiger partial charge in [-0.2, -0.15) is 0 Å². The van der Waals surface area contributed by atoms with Crippen LogP contribution in [0.15, 0.2) is 30.3 Å². The van der Waals surface area contributed by atoms with E-state index in [1.807, 2.05) is 0 Å². The van der Waals surface area contributed by atoms with Crippen LogP contribution in [0, 0.1) is 0 Å². The summed E-state index contributed by atoms with van der Waals surface area (Å²) in [5, 5.41) is 3.32. The largest absolute Gasteiger partial charge is 0.314 e. The second-order valence-electron chi connectivity index (χ2n) is 4.37. The van der Waals surface area contributed by atoms with Gasteiger partial charge in [0.15, 0.2) is 0 Å². The molecule has 2 nitrogen and oxygen atoms in total. The molecule has 1 aromatic rings. The molecular weight excluding hydrogens is 172 g/mol. The summed E-state index contributed by atoms with van der Waals surface area (Å²) in [4.78, 5) is 2.59. The Labute approximate surface area is 84.9 Å². The highest BCUT2D eigenvalue weighted by molar-refractivity contribution is 5.23. The smallest absolute Gasteiger partial charge is 0.0345 e. The molecule has 1 N–H and O–H groups in total. The van der Waals surface area contributed by atoms with E-state index in [0.717, 1.165) is 12.0 Å². The minimum Gasteiger partial charge on any atom is -0.314 e. The Bertz CT molecular complexity index is 299. The fourth-order valence-corrected chi connectivity index (χ4v) is 2.28. The van der Waals surface area contributed by atoms with Gasteiger partial charge in [0.25, 0.3) is 0 Å². The van der Waals surface area contributed by atoms with Crippen molar-refractivity contribution in [3.8, 4) is 0 Å². The maximum atomic E-state index is 3.32. The molecule has 3 rings (SSSR count). The Morgan fingerprint density at radius 1 is 1.07 bits per heavy atom. The van der Waals surface area contributed by atoms with Gasteiger partial charge >= 0.3 is 0 Å². The van der Waals surface area contributed by atoms with Gasteiger partial charge in [-0.15, -0.1) is 0 Å². The number of nitrogens with zero attached hydrogens (tertiary/aromatic N) is 1. The number of rotatable bonds is 2. The average molecular weight is 188 g/mol. The van der Waals surface area contributed by atoms with Crippen LogP contribution in [-0.2, 0) is 0 Å². The maximum Gasteiger partial charge on any atom is 0.0345 e. The van der Waals surface area contributed by atoms with Crippen molar-refractivity contribution in [1.29, 1.82) is 0 Å². The first-order valence-electron chi connectivity index (χ1n) is 5.43. The van der Waals surface area contributed by atoms with E-state index in [2.05, 4.69) is 40.5 Å². The summed E-state index contributed by atoms with van der Waals surface area (Å²) in [5.74, 6) is 0.789. The fraction of sp³-hybridized carbons (Fsp3) is 0.500. The topological polar surface area (TPSA) is 15.3 Å². The van der Waals surface area contributed by atoms with E-state index in [0.29, 0.717) is 0 Å². The minimum absolute atomic E-state index is 0.789. The Morgan fingerprint density at radius 2 is 1.79 bits per heavy atom. The summed E-state index contributed by atoms with van der Waals surface area (Å²) >= 11 is 0. The molecule has 2 aliphatic heterocycles. The fourth-order valence-electron chi connectivity index (χ4n) is 2.28. The predicted molar refractivity (Wildman–Crippen MR) is 57.4 cm³/mol. The molecule has 0 bridgehead atoms. The standard InChI is InChI=1S/C12H16N2/c1-2-4-10(5-3-1)11-8-14(9-11)12-6-13-7-12/h1-5,11-13H,6-9H2. The summed E-state index contributed by atoms with van der Waals surface area (Å²) in [7, 11) is 0. The third kappa shape index (κ3) is 1.35. The van der Waals surface area contributed by atoms with Crippen LogP contribution >= 0.6 is 0 Å². The van der Waals surface area contributed by atoms with Crippen molar-refractivity contribution >= 4 is 0 Å². The lowest BCUT2D eigenvalue weighted by Gasteiger charge is -2.48. The predicted octanol–water partition coefficient (Wildman–Crippen LogP) is 1.06. The zero-order valence-corrected chi connectivity index (χ0v) is 8.32. The molecule has 74 valence electrons. The molecule has 2 saturated heterocycles. The molecule has 0 unspecified atom stereocenters. The molecular formula is C12H16N2. The third-order valence-corrected chi connectivity index (χ3v) is 3.46. The lowest BCUT2D eigenvalue weighted by molar-refractivity contribution is 0.0613. The zero-order chi connectivity index (χ0) is 9.38. The summed E-state index contributed by atoms with van der Waals surface area (Å²) in [6, 6.07) is 11.7. The normalized spacial score (nSPS) is 24.3. The van der Waals surface area contributed by atoms with E-state index >= 15 is 0 Å². The van der Waals surface area contributed by atoms with Crippen LogP contribution in [0.2, 0.25) is 0 Å². The quantitative estimate of drug-likeness (QED) is 0.746. The lowest BCUT2D eigenvalue weighted by atomic mass is 9.89. The van der Waals surface area contributed by atoms with Gasteiger partial charge in [-0.05, 0) is 5.56 Å². The van der Waals surface area contributed by atoms with Crippen LogP contribution in [0.3, 0.4) is 0 Å². The number of likely N-dealkylation sites (tertiary alicyclic amines) is 1. The lowest BCUT2D eigenvalue weighted by Crippen LogP contribution is -2.63. The Morgan fingerprint density at radius 3 is 2.36 bits per heavy atom. The van der Waals surface area contributed by atoms with Crippen molar-refractivity contribution in [3.63, 3.8) is 0 Å². The first-order valence-corrected chi connectivity index (χ1v) is 5.43. The highest BCUT2D eigenvalue weighted by Crippen LogP contribution is 2.29. The maximum absolute atomic E-state index is 3.32. The van der Waals surface area contributed by atoms with Crippen LogP contribution in [0.5, 0.6) is 0 Å². The van der Waals surface area contributed by atoms with Crippen molar-refractivity contribution < 1.29 is 0 Å². The van der Waals surface area contributed by atoms with Gasteiger partial charge in [0, 0.05) is 38.1 Å². The summed E-state index contributed by atoms with van der Waals surface area (Å²) in [6.07, 6.45) is 0. The second kappa shape index (κ2) is 3.37. The zero-order valence-electron chi connectivity index (χ0n) is 8.32. The molecule has 2 heteroatoms. The van der Waals surface area contributed by atoms with Crippen LogP contribution < -0.4 is 5.32 Å². The van der Waals surface area contributed by atoms with E-state index in [1.54, 1.807) is 0 Å². The van der Waals surface area contributed by atoms with Crippen molar-refractivity contribution in [2.75, 3.05) is 26.2 Å². The molecule has 2 aliphatic rings. The first-order chi connectivity index (χ1) is 6.93. The van der Waals surface area contributed by atoms with E-state index in [4.69, 9.17) is 0 Å². The third-order valence-electron chi connectivity index (χ3n) is 3.46. The van der Waals surface area contributed by atoms with Gasteiger partial charge < -0.3 is 5.32 Å². The molecule has 1 aromatic carbocycles. The average Bonchev–Trinajstić information content (AvgIpc) is 2.09. The van der Waals surface area contributed by atoms with Crippen molar-refractivity contribution in [2.45, 2.75) is 12.0 Å². The van der Waals surface area contributed by atoms with Crippen molar-refractivity contribution in [3.05, 3.63) is 35.9 Å². The van der Waals surface area contributed by atoms with E-state index in [9.17, 15) is 0 Å². The number of benzene rings is 1. The first kappa shape index (κ1) is 8.45. The molecule has 14 heavy (non-hydrogen) atoms. The molecule has 0 spiro atoms. The van der Waals surface area contributed by atoms with E-state index in [1.165, 1.54) is 31.7 Å². The van der Waals surface area contributed by atoms with Crippen LogP contribution in [0.25, 0.3) is 0 Å². The van der Waals surface area contributed by atoms with E-state index in [-0.39, 0.29) is 0 Å². The molecule has 0 aliphatic carbocycles. The Kier molecular flexibility index (Phi) is 2.03. The van der Waals surface area contributed by atoms with Gasteiger partial charge in [0.05, 0.1) is 0 Å². The highest BCUT2D eigenvalue weighted by atomic mass is 15.3.